The van der Waals surface area contributed by atoms with Gasteiger partial charge < -0.3 is 24.4 Å². The van der Waals surface area contributed by atoms with Crippen molar-refractivity contribution in [2.45, 2.75) is 135 Å². The zero-order valence-electron chi connectivity index (χ0n) is 28.8. The molecule has 0 aliphatic heterocycles. The summed E-state index contributed by atoms with van der Waals surface area (Å²) in [5, 5.41) is 9.95. The van der Waals surface area contributed by atoms with Crippen molar-refractivity contribution in [2.24, 2.45) is 0 Å². The second-order valence-corrected chi connectivity index (χ2v) is 12.5. The minimum absolute atomic E-state index is 0.151. The predicted molar refractivity (Wildman–Crippen MR) is 190 cm³/mol. The lowest BCUT2D eigenvalue weighted by Crippen LogP contribution is -2.29. The van der Waals surface area contributed by atoms with E-state index in [0.717, 1.165) is 57.8 Å². The molecule has 0 aromatic rings. The standard InChI is InChI=1S/C37H61O9P/c1-3-5-7-9-11-12-13-14-19-23-27-31-37(40)46-35(33-45-47(41,42)43)32-44-36(39)30-26-22-18-16-15-17-21-25-29-34(38)28-24-20-10-8-6-4-2/h6,8-9,11,16-18,20-21,24-25,29,34-35,38H,3-5,7,10,12-15,19,22-23,26-28,30-33H2,1-2H3,(H2,41,42,43)/b8-6-,11-9-,18-16-,21-17-,24-20-,29-25+/t34?,35-/m1/s1. The maximum Gasteiger partial charge on any atom is 0.469 e. The normalized spacial score (nSPS) is 14.1. The van der Waals surface area contributed by atoms with Crippen molar-refractivity contribution < 1.29 is 43.0 Å². The number of esters is 2. The van der Waals surface area contributed by atoms with Crippen LogP contribution in [0.5, 0.6) is 0 Å². The molecular formula is C37H61O9P. The molecule has 3 N–H and O–H groups in total. The number of aliphatic hydroxyl groups is 1. The Labute approximate surface area is 283 Å². The van der Waals surface area contributed by atoms with Gasteiger partial charge in [0, 0.05) is 12.8 Å². The van der Waals surface area contributed by atoms with Crippen LogP contribution in [0.2, 0.25) is 0 Å². The monoisotopic (exact) mass is 680 g/mol. The Morgan fingerprint density at radius 1 is 0.681 bits per heavy atom. The molecule has 0 amide bonds. The van der Waals surface area contributed by atoms with Crippen LogP contribution in [0, 0.1) is 0 Å². The number of carbonyl (C=O) groups is 2. The summed E-state index contributed by atoms with van der Waals surface area (Å²) in [5.74, 6) is -1.01. The smallest absolute Gasteiger partial charge is 0.462 e. The number of aliphatic hydroxyl groups excluding tert-OH is 1. The van der Waals surface area contributed by atoms with Crippen molar-refractivity contribution >= 4 is 19.8 Å². The van der Waals surface area contributed by atoms with Gasteiger partial charge in [0.1, 0.15) is 6.61 Å². The molecule has 0 aliphatic rings. The van der Waals surface area contributed by atoms with Crippen molar-refractivity contribution in [3.05, 3.63) is 72.9 Å². The van der Waals surface area contributed by atoms with Crippen molar-refractivity contribution in [1.29, 1.82) is 0 Å². The molecule has 0 aromatic heterocycles. The van der Waals surface area contributed by atoms with E-state index in [1.165, 1.54) is 12.8 Å². The number of allylic oxidation sites excluding steroid dienone is 10. The lowest BCUT2D eigenvalue weighted by Gasteiger charge is -2.18. The van der Waals surface area contributed by atoms with E-state index in [1.807, 2.05) is 42.5 Å². The molecule has 0 aliphatic carbocycles. The average Bonchev–Trinajstić information content (AvgIpc) is 3.03. The van der Waals surface area contributed by atoms with Crippen LogP contribution >= 0.6 is 7.82 Å². The average molecular weight is 681 g/mol. The molecule has 268 valence electrons. The molecule has 0 radical (unpaired) electrons. The van der Waals surface area contributed by atoms with Gasteiger partial charge in [-0.2, -0.15) is 0 Å². The first-order valence-electron chi connectivity index (χ1n) is 17.3. The highest BCUT2D eigenvalue weighted by Gasteiger charge is 2.22. The topological polar surface area (TPSA) is 140 Å². The van der Waals surface area contributed by atoms with Crippen molar-refractivity contribution in [3.8, 4) is 0 Å². The van der Waals surface area contributed by atoms with E-state index in [4.69, 9.17) is 19.3 Å². The van der Waals surface area contributed by atoms with E-state index < -0.39 is 38.6 Å². The highest BCUT2D eigenvalue weighted by Crippen LogP contribution is 2.35. The predicted octanol–water partition coefficient (Wildman–Crippen LogP) is 8.92. The number of rotatable bonds is 30. The van der Waals surface area contributed by atoms with Gasteiger partial charge >= 0.3 is 19.8 Å². The number of unbranched alkanes of at least 4 members (excludes halogenated alkanes) is 8. The summed E-state index contributed by atoms with van der Waals surface area (Å²) in [6.07, 6.45) is 36.6. The van der Waals surface area contributed by atoms with Crippen LogP contribution in [-0.2, 0) is 28.2 Å². The van der Waals surface area contributed by atoms with Gasteiger partial charge in [0.05, 0.1) is 12.7 Å². The first-order valence-corrected chi connectivity index (χ1v) is 18.9. The molecule has 1 unspecified atom stereocenters. The van der Waals surface area contributed by atoms with Crippen LogP contribution in [0.3, 0.4) is 0 Å². The van der Waals surface area contributed by atoms with Crippen LogP contribution < -0.4 is 0 Å². The number of carbonyl (C=O) groups excluding carboxylic acids is 2. The molecule has 0 saturated heterocycles. The van der Waals surface area contributed by atoms with E-state index in [0.29, 0.717) is 25.7 Å². The Morgan fingerprint density at radius 2 is 1.30 bits per heavy atom. The van der Waals surface area contributed by atoms with E-state index in [1.54, 1.807) is 6.08 Å². The molecule has 10 heteroatoms. The Kier molecular flexibility index (Phi) is 30.3. The fraction of sp³-hybridized carbons (Fsp3) is 0.622. The number of phosphoric acid groups is 1. The maximum atomic E-state index is 12.3. The minimum Gasteiger partial charge on any atom is -0.462 e. The SMILES string of the molecule is CC/C=C\C/C=C\CC(O)/C=C/C=C\C/C=C\CCCC(=O)OC[C@H](COP(=O)(O)O)OC(=O)CCCCCCC/C=C\CCCC. The summed E-state index contributed by atoms with van der Waals surface area (Å²) in [4.78, 5) is 42.5. The van der Waals surface area contributed by atoms with Crippen LogP contribution in [0.4, 0.5) is 0 Å². The van der Waals surface area contributed by atoms with Gasteiger partial charge in [0.25, 0.3) is 0 Å². The van der Waals surface area contributed by atoms with Gasteiger partial charge in [-0.05, 0) is 64.2 Å². The van der Waals surface area contributed by atoms with E-state index >= 15 is 0 Å². The molecule has 0 rings (SSSR count). The van der Waals surface area contributed by atoms with Gasteiger partial charge in [-0.15, -0.1) is 0 Å². The summed E-state index contributed by atoms with van der Waals surface area (Å²) >= 11 is 0. The second-order valence-electron chi connectivity index (χ2n) is 11.3. The Hall–Kier alpha value is -2.55. The Bertz CT molecular complexity index is 1010. The summed E-state index contributed by atoms with van der Waals surface area (Å²) in [6, 6.07) is 0. The Morgan fingerprint density at radius 3 is 2.04 bits per heavy atom. The number of phosphoric ester groups is 1. The summed E-state index contributed by atoms with van der Waals surface area (Å²) in [6.45, 7) is 3.36. The minimum atomic E-state index is -4.78. The van der Waals surface area contributed by atoms with E-state index in [2.05, 4.69) is 42.7 Å². The molecule has 0 spiro atoms. The second kappa shape index (κ2) is 32.0. The number of ether oxygens (including phenoxy) is 2. The zero-order chi connectivity index (χ0) is 34.9. The van der Waals surface area contributed by atoms with Crippen LogP contribution in [-0.4, -0.2) is 52.3 Å². The Balaban J connectivity index is 4.21. The molecule has 0 heterocycles. The highest BCUT2D eigenvalue weighted by atomic mass is 31.2. The van der Waals surface area contributed by atoms with Gasteiger partial charge in [0.2, 0.25) is 0 Å². The van der Waals surface area contributed by atoms with Gasteiger partial charge in [-0.25, -0.2) is 4.57 Å². The third-order valence-corrected chi connectivity index (χ3v) is 7.27. The van der Waals surface area contributed by atoms with Crippen molar-refractivity contribution in [1.82, 2.24) is 0 Å². The van der Waals surface area contributed by atoms with Crippen molar-refractivity contribution in [2.75, 3.05) is 13.2 Å². The molecular weight excluding hydrogens is 619 g/mol. The van der Waals surface area contributed by atoms with Gasteiger partial charge in [-0.3, -0.25) is 14.1 Å². The molecule has 0 aromatic carbocycles. The molecule has 0 bridgehead atoms. The summed E-state index contributed by atoms with van der Waals surface area (Å²) in [7, 11) is -4.78. The molecule has 0 saturated carbocycles. The highest BCUT2D eigenvalue weighted by molar-refractivity contribution is 7.46. The molecule has 47 heavy (non-hydrogen) atoms. The molecule has 0 fully saturated rings. The largest absolute Gasteiger partial charge is 0.469 e. The van der Waals surface area contributed by atoms with Crippen LogP contribution in [0.25, 0.3) is 0 Å². The zero-order valence-corrected chi connectivity index (χ0v) is 29.7. The summed E-state index contributed by atoms with van der Waals surface area (Å²) < 4.78 is 26.1. The quantitative estimate of drug-likeness (QED) is 0.0223. The first-order chi connectivity index (χ1) is 22.7. The van der Waals surface area contributed by atoms with Crippen LogP contribution in [0.1, 0.15) is 123 Å². The number of hydrogen-bond donors (Lipinski definition) is 3. The maximum absolute atomic E-state index is 12.3. The molecule has 9 nitrogen and oxygen atoms in total. The lowest BCUT2D eigenvalue weighted by atomic mass is 10.1. The fourth-order valence-electron chi connectivity index (χ4n) is 4.18. The van der Waals surface area contributed by atoms with Crippen molar-refractivity contribution in [3.63, 3.8) is 0 Å². The lowest BCUT2D eigenvalue weighted by molar-refractivity contribution is -0.161. The third-order valence-electron chi connectivity index (χ3n) is 6.79. The van der Waals surface area contributed by atoms with E-state index in [-0.39, 0.29) is 19.4 Å². The third kappa shape index (κ3) is 34.6. The number of hydrogen-bond acceptors (Lipinski definition) is 7. The fourth-order valence-corrected chi connectivity index (χ4v) is 4.54. The first kappa shape index (κ1) is 44.5. The van der Waals surface area contributed by atoms with Crippen LogP contribution in [0.15, 0.2) is 72.9 Å². The summed E-state index contributed by atoms with van der Waals surface area (Å²) in [5.41, 5.74) is 0. The van der Waals surface area contributed by atoms with Gasteiger partial charge in [-0.1, -0.05) is 119 Å². The molecule has 2 atom stereocenters. The van der Waals surface area contributed by atoms with E-state index in [9.17, 15) is 19.3 Å². The van der Waals surface area contributed by atoms with Gasteiger partial charge in [0.15, 0.2) is 6.10 Å².